The number of hydrogen-bond donors (Lipinski definition) is 1. The van der Waals surface area contributed by atoms with Crippen molar-refractivity contribution in [3.05, 3.63) is 64.4 Å². The number of nitrogens with one attached hydrogen (secondary N) is 1. The van der Waals surface area contributed by atoms with E-state index in [9.17, 15) is 4.79 Å². The van der Waals surface area contributed by atoms with Crippen LogP contribution in [0.4, 0.5) is 0 Å². The Morgan fingerprint density at radius 2 is 2.04 bits per heavy atom. The number of benzene rings is 1. The minimum atomic E-state index is 0.00974. The Balaban J connectivity index is 1.55. The first-order valence-corrected chi connectivity index (χ1v) is 8.41. The predicted molar refractivity (Wildman–Crippen MR) is 91.2 cm³/mol. The summed E-state index contributed by atoms with van der Waals surface area (Å²) in [5.41, 5.74) is 1.84. The predicted octanol–water partition coefficient (Wildman–Crippen LogP) is 3.96. The first kappa shape index (κ1) is 15.5. The SMILES string of the molecule is Cc1oc(CNC(=O)CCc2cccs2)nc1-c1ccccc1. The molecule has 0 saturated heterocycles. The van der Waals surface area contributed by atoms with Gasteiger partial charge >= 0.3 is 0 Å². The number of hydrogen-bond acceptors (Lipinski definition) is 4. The van der Waals surface area contributed by atoms with Crippen LogP contribution in [0.3, 0.4) is 0 Å². The second kappa shape index (κ2) is 7.24. The van der Waals surface area contributed by atoms with Gasteiger partial charge in [0.25, 0.3) is 0 Å². The van der Waals surface area contributed by atoms with E-state index < -0.39 is 0 Å². The molecule has 0 aliphatic carbocycles. The molecular weight excluding hydrogens is 308 g/mol. The molecule has 0 fully saturated rings. The summed E-state index contributed by atoms with van der Waals surface area (Å²) < 4.78 is 5.65. The van der Waals surface area contributed by atoms with Crippen LogP contribution in [-0.4, -0.2) is 10.9 Å². The highest BCUT2D eigenvalue weighted by atomic mass is 32.1. The summed E-state index contributed by atoms with van der Waals surface area (Å²) in [6, 6.07) is 13.9. The van der Waals surface area contributed by atoms with Crippen LogP contribution in [-0.2, 0) is 17.8 Å². The summed E-state index contributed by atoms with van der Waals surface area (Å²) in [5.74, 6) is 1.31. The molecule has 1 aromatic carbocycles. The number of aromatic nitrogens is 1. The molecule has 3 aromatic rings. The molecule has 0 radical (unpaired) electrons. The summed E-state index contributed by atoms with van der Waals surface area (Å²) >= 11 is 1.67. The Labute approximate surface area is 139 Å². The van der Waals surface area contributed by atoms with Gasteiger partial charge in [-0.3, -0.25) is 4.79 Å². The molecule has 2 aromatic heterocycles. The van der Waals surface area contributed by atoms with Crippen LogP contribution >= 0.6 is 11.3 Å². The molecule has 1 N–H and O–H groups in total. The molecule has 0 aliphatic heterocycles. The van der Waals surface area contributed by atoms with Crippen LogP contribution < -0.4 is 5.32 Å². The van der Waals surface area contributed by atoms with Gasteiger partial charge in [0.15, 0.2) is 0 Å². The molecule has 4 nitrogen and oxygen atoms in total. The van der Waals surface area contributed by atoms with E-state index in [1.54, 1.807) is 11.3 Å². The van der Waals surface area contributed by atoms with Gasteiger partial charge in [0.05, 0.1) is 6.54 Å². The van der Waals surface area contributed by atoms with E-state index in [-0.39, 0.29) is 5.91 Å². The highest BCUT2D eigenvalue weighted by molar-refractivity contribution is 7.09. The van der Waals surface area contributed by atoms with Crippen molar-refractivity contribution < 1.29 is 9.21 Å². The van der Waals surface area contributed by atoms with E-state index in [0.717, 1.165) is 23.4 Å². The molecule has 0 bridgehead atoms. The zero-order valence-electron chi connectivity index (χ0n) is 12.9. The molecule has 2 heterocycles. The lowest BCUT2D eigenvalue weighted by atomic mass is 10.1. The maximum absolute atomic E-state index is 11.9. The van der Waals surface area contributed by atoms with Gasteiger partial charge < -0.3 is 9.73 Å². The molecule has 0 atom stereocenters. The third-order valence-electron chi connectivity index (χ3n) is 3.50. The summed E-state index contributed by atoms with van der Waals surface area (Å²) in [5, 5.41) is 4.88. The smallest absolute Gasteiger partial charge is 0.220 e. The fourth-order valence-corrected chi connectivity index (χ4v) is 3.05. The number of thiophene rings is 1. The highest BCUT2D eigenvalue weighted by Gasteiger charge is 2.12. The lowest BCUT2D eigenvalue weighted by Crippen LogP contribution is -2.23. The Hall–Kier alpha value is -2.40. The second-order valence-corrected chi connectivity index (χ2v) is 6.27. The monoisotopic (exact) mass is 326 g/mol. The molecule has 0 aliphatic rings. The number of carbonyl (C=O) groups is 1. The third-order valence-corrected chi connectivity index (χ3v) is 4.44. The molecule has 0 saturated carbocycles. The Morgan fingerprint density at radius 3 is 2.78 bits per heavy atom. The quantitative estimate of drug-likeness (QED) is 0.746. The van der Waals surface area contributed by atoms with Gasteiger partial charge in [-0.25, -0.2) is 4.98 Å². The van der Waals surface area contributed by atoms with Gasteiger partial charge in [0, 0.05) is 16.9 Å². The van der Waals surface area contributed by atoms with E-state index in [0.29, 0.717) is 18.9 Å². The van der Waals surface area contributed by atoms with Crippen LogP contribution in [0.2, 0.25) is 0 Å². The van der Waals surface area contributed by atoms with E-state index in [4.69, 9.17) is 4.42 Å². The molecule has 0 spiro atoms. The van der Waals surface area contributed by atoms with Crippen LogP contribution in [0.15, 0.2) is 52.3 Å². The van der Waals surface area contributed by atoms with Crippen molar-refractivity contribution in [1.82, 2.24) is 10.3 Å². The van der Waals surface area contributed by atoms with Crippen molar-refractivity contribution in [3.63, 3.8) is 0 Å². The summed E-state index contributed by atoms with van der Waals surface area (Å²) in [4.78, 5) is 17.6. The van der Waals surface area contributed by atoms with Gasteiger partial charge in [0.1, 0.15) is 11.5 Å². The summed E-state index contributed by atoms with van der Waals surface area (Å²) in [7, 11) is 0. The molecule has 5 heteroatoms. The normalized spacial score (nSPS) is 10.7. The minimum Gasteiger partial charge on any atom is -0.443 e. The van der Waals surface area contributed by atoms with Gasteiger partial charge in [-0.05, 0) is 24.8 Å². The Bertz CT molecular complexity index is 764. The summed E-state index contributed by atoms with van der Waals surface area (Å²) in [6.07, 6.45) is 1.25. The van der Waals surface area contributed by atoms with Gasteiger partial charge in [0.2, 0.25) is 11.8 Å². The lowest BCUT2D eigenvalue weighted by molar-refractivity contribution is -0.121. The minimum absolute atomic E-state index is 0.00974. The first-order valence-electron chi connectivity index (χ1n) is 7.53. The highest BCUT2D eigenvalue weighted by Crippen LogP contribution is 2.22. The van der Waals surface area contributed by atoms with Crippen LogP contribution in [0.1, 0.15) is 22.9 Å². The van der Waals surface area contributed by atoms with E-state index in [2.05, 4.69) is 10.3 Å². The summed E-state index contributed by atoms with van der Waals surface area (Å²) in [6.45, 7) is 2.20. The van der Waals surface area contributed by atoms with Crippen LogP contribution in [0.25, 0.3) is 11.3 Å². The van der Waals surface area contributed by atoms with Crippen molar-refractivity contribution in [1.29, 1.82) is 0 Å². The second-order valence-electron chi connectivity index (χ2n) is 5.23. The maximum Gasteiger partial charge on any atom is 0.220 e. The number of oxazole rings is 1. The van der Waals surface area contributed by atoms with Gasteiger partial charge in [-0.1, -0.05) is 36.4 Å². The van der Waals surface area contributed by atoms with Crippen molar-refractivity contribution >= 4 is 17.2 Å². The number of carbonyl (C=O) groups excluding carboxylic acids is 1. The third kappa shape index (κ3) is 4.07. The molecule has 3 rings (SSSR count). The molecule has 1 amide bonds. The van der Waals surface area contributed by atoms with Crippen molar-refractivity contribution in [2.24, 2.45) is 0 Å². The standard InChI is InChI=1S/C18H18N2O2S/c1-13-18(14-6-3-2-4-7-14)20-17(22-13)12-19-16(21)10-9-15-8-5-11-23-15/h2-8,11H,9-10,12H2,1H3,(H,19,21). The maximum atomic E-state index is 11.9. The molecule has 0 unspecified atom stereocenters. The molecule has 23 heavy (non-hydrogen) atoms. The Kier molecular flexibility index (Phi) is 4.88. The van der Waals surface area contributed by atoms with Crippen molar-refractivity contribution in [2.75, 3.05) is 0 Å². The van der Waals surface area contributed by atoms with Gasteiger partial charge in [-0.2, -0.15) is 0 Å². The number of rotatable bonds is 6. The van der Waals surface area contributed by atoms with Crippen LogP contribution in [0, 0.1) is 6.92 Å². The fraction of sp³-hybridized carbons (Fsp3) is 0.222. The topological polar surface area (TPSA) is 55.1 Å². The van der Waals surface area contributed by atoms with Crippen LogP contribution in [0.5, 0.6) is 0 Å². The van der Waals surface area contributed by atoms with E-state index in [1.165, 1.54) is 4.88 Å². The van der Waals surface area contributed by atoms with Crippen molar-refractivity contribution in [3.8, 4) is 11.3 Å². The molecular formula is C18H18N2O2S. The average Bonchev–Trinajstić information content (AvgIpc) is 3.21. The largest absolute Gasteiger partial charge is 0.443 e. The lowest BCUT2D eigenvalue weighted by Gasteiger charge is -2.01. The van der Waals surface area contributed by atoms with Crippen molar-refractivity contribution in [2.45, 2.75) is 26.3 Å². The van der Waals surface area contributed by atoms with Gasteiger partial charge in [-0.15, -0.1) is 11.3 Å². The van der Waals surface area contributed by atoms with E-state index >= 15 is 0 Å². The average molecular weight is 326 g/mol. The number of aryl methyl sites for hydroxylation is 2. The zero-order chi connectivity index (χ0) is 16.1. The molecule has 118 valence electrons. The fourth-order valence-electron chi connectivity index (χ4n) is 2.34. The van der Waals surface area contributed by atoms with E-state index in [1.807, 2.05) is 54.8 Å². The first-order chi connectivity index (χ1) is 11.2. The number of nitrogens with zero attached hydrogens (tertiary/aromatic N) is 1. The number of amides is 1. The Morgan fingerprint density at radius 1 is 1.22 bits per heavy atom. The zero-order valence-corrected chi connectivity index (χ0v) is 13.7.